The maximum absolute atomic E-state index is 12.8. The van der Waals surface area contributed by atoms with Crippen molar-refractivity contribution in [2.75, 3.05) is 5.32 Å². The van der Waals surface area contributed by atoms with E-state index in [1.54, 1.807) is 22.9 Å². The van der Waals surface area contributed by atoms with Crippen LogP contribution in [-0.4, -0.2) is 25.2 Å². The summed E-state index contributed by atoms with van der Waals surface area (Å²) in [4.78, 5) is 31.5. The quantitative estimate of drug-likeness (QED) is 0.502. The van der Waals surface area contributed by atoms with Crippen LogP contribution in [0.4, 0.5) is 5.82 Å². The van der Waals surface area contributed by atoms with E-state index < -0.39 is 0 Å². The molecule has 1 N–H and O–H groups in total. The number of hydrogen-bond acceptors (Lipinski definition) is 5. The van der Waals surface area contributed by atoms with Gasteiger partial charge in [0.05, 0.1) is 23.1 Å². The zero-order valence-corrected chi connectivity index (χ0v) is 18.3. The normalized spacial score (nSPS) is 11.2. The van der Waals surface area contributed by atoms with Gasteiger partial charge in [0.25, 0.3) is 5.56 Å². The molecule has 0 saturated carbocycles. The Bertz CT molecular complexity index is 1320. The lowest BCUT2D eigenvalue weighted by Crippen LogP contribution is -2.24. The van der Waals surface area contributed by atoms with Gasteiger partial charge in [0.1, 0.15) is 10.6 Å². The molecule has 0 atom stereocenters. The highest BCUT2D eigenvalue weighted by Crippen LogP contribution is 2.25. The Morgan fingerprint density at radius 3 is 2.80 bits per heavy atom. The highest BCUT2D eigenvalue weighted by atomic mass is 35.5. The molecule has 0 radical (unpaired) electrons. The van der Waals surface area contributed by atoms with Crippen LogP contribution in [0.15, 0.2) is 41.5 Å². The van der Waals surface area contributed by atoms with Gasteiger partial charge in [-0.25, -0.2) is 9.67 Å². The second kappa shape index (κ2) is 8.04. The lowest BCUT2D eigenvalue weighted by Gasteiger charge is -2.10. The van der Waals surface area contributed by atoms with Crippen molar-refractivity contribution >= 4 is 44.9 Å². The van der Waals surface area contributed by atoms with Crippen LogP contribution in [0.5, 0.6) is 0 Å². The summed E-state index contributed by atoms with van der Waals surface area (Å²) < 4.78 is 3.12. The molecule has 1 amide bonds. The second-order valence-electron chi connectivity index (χ2n) is 7.07. The summed E-state index contributed by atoms with van der Waals surface area (Å²) in [7, 11) is 0. The number of rotatable bonds is 5. The van der Waals surface area contributed by atoms with Crippen molar-refractivity contribution in [3.8, 4) is 5.69 Å². The van der Waals surface area contributed by atoms with Gasteiger partial charge in [-0.3, -0.25) is 14.2 Å². The monoisotopic (exact) mass is 441 g/mol. The molecule has 1 aromatic carbocycles. The number of thiophene rings is 1. The van der Waals surface area contributed by atoms with Gasteiger partial charge in [-0.2, -0.15) is 5.10 Å². The van der Waals surface area contributed by atoms with Crippen molar-refractivity contribution in [2.45, 2.75) is 33.7 Å². The molecule has 0 saturated heterocycles. The molecule has 0 bridgehead atoms. The molecule has 9 heteroatoms. The molecule has 0 spiro atoms. The Kier molecular flexibility index (Phi) is 5.44. The van der Waals surface area contributed by atoms with Crippen molar-refractivity contribution in [1.29, 1.82) is 0 Å². The Hall–Kier alpha value is -2.97. The van der Waals surface area contributed by atoms with Gasteiger partial charge in [-0.15, -0.1) is 11.3 Å². The molecule has 0 unspecified atom stereocenters. The second-order valence-corrected chi connectivity index (χ2v) is 8.71. The van der Waals surface area contributed by atoms with Gasteiger partial charge in [0, 0.05) is 28.9 Å². The van der Waals surface area contributed by atoms with Gasteiger partial charge in [0.15, 0.2) is 0 Å². The van der Waals surface area contributed by atoms with Crippen LogP contribution < -0.4 is 10.9 Å². The fourth-order valence-electron chi connectivity index (χ4n) is 3.25. The average Bonchev–Trinajstić information content (AvgIpc) is 3.20. The summed E-state index contributed by atoms with van der Waals surface area (Å²) in [5.74, 6) is 0.327. The maximum Gasteiger partial charge on any atom is 0.262 e. The smallest absolute Gasteiger partial charge is 0.262 e. The molecule has 0 aliphatic rings. The molecule has 3 aromatic heterocycles. The molecule has 0 aliphatic heterocycles. The summed E-state index contributed by atoms with van der Waals surface area (Å²) in [5, 5.41) is 8.53. The van der Waals surface area contributed by atoms with E-state index in [1.807, 2.05) is 32.9 Å². The number of aromatic nitrogens is 4. The third-order valence-electron chi connectivity index (χ3n) is 4.89. The zero-order valence-electron chi connectivity index (χ0n) is 16.8. The lowest BCUT2D eigenvalue weighted by molar-refractivity contribution is -0.116. The summed E-state index contributed by atoms with van der Waals surface area (Å²) in [6, 6.07) is 9.02. The summed E-state index contributed by atoms with van der Waals surface area (Å²) in [6.45, 7) is 5.99. The third kappa shape index (κ3) is 3.88. The van der Waals surface area contributed by atoms with E-state index in [0.29, 0.717) is 16.2 Å². The molecule has 0 aliphatic carbocycles. The Balaban J connectivity index is 1.52. The predicted octanol–water partition coefficient (Wildman–Crippen LogP) is 4.25. The molecule has 0 fully saturated rings. The standard InChI is InChI=1S/C21H20ClN5O2S/c1-12-9-17(27(25-12)16-6-4-5-15(22)10-16)24-18(28)7-8-26-11-23-20-19(21(26)29)13(2)14(3)30-20/h4-6,9-11H,7-8H2,1-3H3,(H,24,28). The minimum absolute atomic E-state index is 0.116. The number of aryl methyl sites for hydroxylation is 4. The number of benzene rings is 1. The van der Waals surface area contributed by atoms with E-state index >= 15 is 0 Å². The van der Waals surface area contributed by atoms with Gasteiger partial charge in [-0.05, 0) is 44.5 Å². The summed E-state index contributed by atoms with van der Waals surface area (Å²) >= 11 is 7.59. The minimum Gasteiger partial charge on any atom is -0.311 e. The first-order chi connectivity index (χ1) is 14.3. The molecule has 154 valence electrons. The maximum atomic E-state index is 12.8. The molecule has 7 nitrogen and oxygen atoms in total. The van der Waals surface area contributed by atoms with Gasteiger partial charge in [-0.1, -0.05) is 17.7 Å². The highest BCUT2D eigenvalue weighted by molar-refractivity contribution is 7.18. The van der Waals surface area contributed by atoms with Crippen LogP contribution in [0.2, 0.25) is 5.02 Å². The third-order valence-corrected chi connectivity index (χ3v) is 6.24. The van der Waals surface area contributed by atoms with Crippen LogP contribution in [0.25, 0.3) is 15.9 Å². The van der Waals surface area contributed by atoms with Crippen LogP contribution in [0, 0.1) is 20.8 Å². The largest absolute Gasteiger partial charge is 0.311 e. The van der Waals surface area contributed by atoms with E-state index in [4.69, 9.17) is 11.6 Å². The fourth-order valence-corrected chi connectivity index (χ4v) is 4.42. The first-order valence-electron chi connectivity index (χ1n) is 9.41. The number of anilines is 1. The van der Waals surface area contributed by atoms with Crippen LogP contribution in [0.1, 0.15) is 22.6 Å². The fraction of sp³-hybridized carbons (Fsp3) is 0.238. The molecule has 3 heterocycles. The highest BCUT2D eigenvalue weighted by Gasteiger charge is 2.14. The Morgan fingerprint density at radius 2 is 2.03 bits per heavy atom. The number of fused-ring (bicyclic) bond motifs is 1. The number of halogens is 1. The average molecular weight is 442 g/mol. The van der Waals surface area contributed by atoms with E-state index in [9.17, 15) is 9.59 Å². The number of carbonyl (C=O) groups excluding carboxylic acids is 1. The summed E-state index contributed by atoms with van der Waals surface area (Å²) in [6.07, 6.45) is 1.64. The van der Waals surface area contributed by atoms with Crippen LogP contribution >= 0.6 is 22.9 Å². The van der Waals surface area contributed by atoms with Gasteiger partial charge in [0.2, 0.25) is 5.91 Å². The number of nitrogens with zero attached hydrogens (tertiary/aromatic N) is 4. The molecule has 4 rings (SSSR count). The number of amides is 1. The lowest BCUT2D eigenvalue weighted by atomic mass is 10.2. The molecular formula is C21H20ClN5O2S. The van der Waals surface area contributed by atoms with Gasteiger partial charge < -0.3 is 5.32 Å². The van der Waals surface area contributed by atoms with Crippen LogP contribution in [0.3, 0.4) is 0 Å². The Morgan fingerprint density at radius 1 is 1.23 bits per heavy atom. The number of hydrogen-bond donors (Lipinski definition) is 1. The van der Waals surface area contributed by atoms with Crippen molar-refractivity contribution in [3.05, 3.63) is 68.2 Å². The van der Waals surface area contributed by atoms with Gasteiger partial charge >= 0.3 is 0 Å². The van der Waals surface area contributed by atoms with Crippen molar-refractivity contribution < 1.29 is 4.79 Å². The molecular weight excluding hydrogens is 422 g/mol. The van der Waals surface area contributed by atoms with Crippen molar-refractivity contribution in [1.82, 2.24) is 19.3 Å². The van der Waals surface area contributed by atoms with E-state index in [0.717, 1.165) is 26.7 Å². The van der Waals surface area contributed by atoms with E-state index in [1.165, 1.54) is 22.2 Å². The first kappa shape index (κ1) is 20.3. The minimum atomic E-state index is -0.219. The molecule has 4 aromatic rings. The number of nitrogens with one attached hydrogen (secondary N) is 1. The van der Waals surface area contributed by atoms with Crippen molar-refractivity contribution in [2.24, 2.45) is 0 Å². The van der Waals surface area contributed by atoms with E-state index in [2.05, 4.69) is 15.4 Å². The zero-order chi connectivity index (χ0) is 21.4. The molecule has 30 heavy (non-hydrogen) atoms. The Labute approximate surface area is 181 Å². The van der Waals surface area contributed by atoms with E-state index in [-0.39, 0.29) is 24.4 Å². The SMILES string of the molecule is Cc1cc(NC(=O)CCn2cnc3sc(C)c(C)c3c2=O)n(-c2cccc(Cl)c2)n1. The van der Waals surface area contributed by atoms with Crippen LogP contribution in [-0.2, 0) is 11.3 Å². The first-order valence-corrected chi connectivity index (χ1v) is 10.6. The topological polar surface area (TPSA) is 81.8 Å². The van der Waals surface area contributed by atoms with Crippen molar-refractivity contribution in [3.63, 3.8) is 0 Å². The summed E-state index contributed by atoms with van der Waals surface area (Å²) in [5.41, 5.74) is 2.35. The predicted molar refractivity (Wildman–Crippen MR) is 120 cm³/mol. The number of carbonyl (C=O) groups is 1.